The lowest BCUT2D eigenvalue weighted by molar-refractivity contribution is -0.917. The molecule has 0 saturated carbocycles. The van der Waals surface area contributed by atoms with Crippen molar-refractivity contribution in [3.05, 3.63) is 64.4 Å². The number of fused-ring (bicyclic) bond motifs is 1. The smallest absolute Gasteiger partial charge is 0.244 e. The number of carbonyl (C=O) groups excluding carboxylic acids is 1. The van der Waals surface area contributed by atoms with Gasteiger partial charge in [-0.1, -0.05) is 12.1 Å². The molecular weight excluding hydrogens is 396 g/mol. The van der Waals surface area contributed by atoms with E-state index in [1.807, 2.05) is 35.2 Å². The Kier molecular flexibility index (Phi) is 6.18. The minimum absolute atomic E-state index is 0.0199. The van der Waals surface area contributed by atoms with E-state index in [0.29, 0.717) is 24.0 Å². The predicted molar refractivity (Wildman–Crippen MR) is 117 cm³/mol. The van der Waals surface area contributed by atoms with Crippen LogP contribution in [0.3, 0.4) is 0 Å². The van der Waals surface area contributed by atoms with E-state index in [2.05, 4.69) is 11.2 Å². The summed E-state index contributed by atoms with van der Waals surface area (Å²) < 4.78 is 12.3. The first-order valence-electron chi connectivity index (χ1n) is 10.4. The highest BCUT2D eigenvalue weighted by atomic mass is 16.5. The second-order valence-electron chi connectivity index (χ2n) is 7.68. The van der Waals surface area contributed by atoms with Crippen LogP contribution in [0.15, 0.2) is 53.5 Å². The summed E-state index contributed by atoms with van der Waals surface area (Å²) >= 11 is 0. The van der Waals surface area contributed by atoms with Crippen molar-refractivity contribution in [2.45, 2.75) is 13.1 Å². The van der Waals surface area contributed by atoms with Gasteiger partial charge in [-0.3, -0.25) is 14.3 Å². The molecule has 31 heavy (non-hydrogen) atoms. The van der Waals surface area contributed by atoms with Crippen LogP contribution in [0.4, 0.5) is 0 Å². The van der Waals surface area contributed by atoms with Crippen molar-refractivity contribution in [2.24, 2.45) is 0 Å². The molecule has 2 aromatic carbocycles. The normalized spacial score (nSPS) is 14.6. The molecule has 0 radical (unpaired) electrons. The molecule has 0 bridgehead atoms. The third-order valence-electron chi connectivity index (χ3n) is 5.77. The van der Waals surface area contributed by atoms with Crippen LogP contribution in [0.5, 0.6) is 11.5 Å². The van der Waals surface area contributed by atoms with E-state index in [-0.39, 0.29) is 17.9 Å². The molecule has 4 rings (SSSR count). The zero-order valence-corrected chi connectivity index (χ0v) is 17.8. The number of ether oxygens (including phenoxy) is 2. The van der Waals surface area contributed by atoms with Crippen LogP contribution in [0, 0.1) is 0 Å². The second kappa shape index (κ2) is 9.18. The predicted octanol–water partition coefficient (Wildman–Crippen LogP) is 0.341. The minimum atomic E-state index is -0.133. The maximum absolute atomic E-state index is 12.9. The highest BCUT2D eigenvalue weighted by Crippen LogP contribution is 2.27. The van der Waals surface area contributed by atoms with E-state index in [1.54, 1.807) is 25.0 Å². The van der Waals surface area contributed by atoms with E-state index in [1.165, 1.54) is 16.7 Å². The quantitative estimate of drug-likeness (QED) is 0.619. The summed E-state index contributed by atoms with van der Waals surface area (Å²) in [6, 6.07) is 13.2. The van der Waals surface area contributed by atoms with Crippen molar-refractivity contribution < 1.29 is 19.2 Å². The van der Waals surface area contributed by atoms with Crippen LogP contribution in [-0.4, -0.2) is 61.0 Å². The molecule has 0 atom stereocenters. The van der Waals surface area contributed by atoms with Crippen LogP contribution in [0.1, 0.15) is 5.56 Å². The second-order valence-corrected chi connectivity index (χ2v) is 7.68. The summed E-state index contributed by atoms with van der Waals surface area (Å²) in [6.45, 7) is 4.14. The van der Waals surface area contributed by atoms with Crippen LogP contribution in [0.25, 0.3) is 10.9 Å². The number of aromatic nitrogens is 2. The molecule has 1 N–H and O–H groups in total. The number of benzene rings is 2. The Morgan fingerprint density at radius 2 is 1.81 bits per heavy atom. The number of nitrogens with zero attached hydrogens (tertiary/aromatic N) is 3. The molecule has 162 valence electrons. The molecule has 8 heteroatoms. The summed E-state index contributed by atoms with van der Waals surface area (Å²) in [5, 5.41) is 4.75. The number of para-hydroxylation sites is 1. The van der Waals surface area contributed by atoms with Gasteiger partial charge in [0.1, 0.15) is 13.1 Å². The van der Waals surface area contributed by atoms with Crippen molar-refractivity contribution in [1.29, 1.82) is 0 Å². The average molecular weight is 423 g/mol. The van der Waals surface area contributed by atoms with Gasteiger partial charge in [0.25, 0.3) is 0 Å². The zero-order valence-electron chi connectivity index (χ0n) is 17.8. The molecule has 1 aliphatic rings. The van der Waals surface area contributed by atoms with E-state index in [9.17, 15) is 9.59 Å². The zero-order chi connectivity index (χ0) is 21.8. The molecule has 0 aliphatic carbocycles. The first kappa shape index (κ1) is 20.9. The summed E-state index contributed by atoms with van der Waals surface area (Å²) in [5.41, 5.74) is 1.73. The highest BCUT2D eigenvalue weighted by molar-refractivity contribution is 5.81. The molecule has 8 nitrogen and oxygen atoms in total. The molecule has 0 unspecified atom stereocenters. The number of quaternary nitrogens is 1. The Balaban J connectivity index is 1.36. The third kappa shape index (κ3) is 4.54. The van der Waals surface area contributed by atoms with Crippen LogP contribution >= 0.6 is 0 Å². The Bertz CT molecular complexity index is 1140. The number of piperazine rings is 1. The molecule has 1 aromatic heterocycles. The first-order valence-corrected chi connectivity index (χ1v) is 10.4. The fourth-order valence-electron chi connectivity index (χ4n) is 4.04. The van der Waals surface area contributed by atoms with Crippen molar-refractivity contribution in [3.8, 4) is 11.5 Å². The number of nitrogens with one attached hydrogen (secondary N) is 1. The number of hydrogen-bond acceptors (Lipinski definition) is 5. The average Bonchev–Trinajstić information content (AvgIpc) is 2.81. The lowest BCUT2D eigenvalue weighted by atomic mass is 10.1. The van der Waals surface area contributed by atoms with Gasteiger partial charge in [-0.05, 0) is 30.3 Å². The largest absolute Gasteiger partial charge is 0.493 e. The SMILES string of the molecule is COc1ccc(C[NH+]2CCN(C(=O)Cn3ncc(=O)c4ccccc43)CC2)cc1OC. The lowest BCUT2D eigenvalue weighted by Crippen LogP contribution is -3.13. The van der Waals surface area contributed by atoms with Gasteiger partial charge >= 0.3 is 0 Å². The summed E-state index contributed by atoms with van der Waals surface area (Å²) in [7, 11) is 3.27. The van der Waals surface area contributed by atoms with E-state index >= 15 is 0 Å². The maximum Gasteiger partial charge on any atom is 0.244 e. The first-order chi connectivity index (χ1) is 15.1. The number of rotatable bonds is 6. The van der Waals surface area contributed by atoms with Crippen molar-refractivity contribution in [3.63, 3.8) is 0 Å². The van der Waals surface area contributed by atoms with Crippen LogP contribution < -0.4 is 19.8 Å². The molecule has 1 aliphatic heterocycles. The van der Waals surface area contributed by atoms with Gasteiger partial charge in [-0.2, -0.15) is 5.10 Å². The van der Waals surface area contributed by atoms with Crippen LogP contribution in [-0.2, 0) is 17.9 Å². The Labute approximate surface area is 180 Å². The Morgan fingerprint density at radius 3 is 2.55 bits per heavy atom. The number of carbonyl (C=O) groups is 1. The minimum Gasteiger partial charge on any atom is -0.493 e. The number of amides is 1. The standard InChI is InChI=1S/C23H26N4O4/c1-30-21-8-7-17(13-22(21)31-2)15-25-9-11-26(12-10-25)23(29)16-27-19-6-4-3-5-18(19)20(28)14-24-27/h3-8,13-14H,9-12,15-16H2,1-2H3/p+1. The Hall–Kier alpha value is -3.39. The van der Waals surface area contributed by atoms with Gasteiger partial charge in [0.15, 0.2) is 11.5 Å². The highest BCUT2D eigenvalue weighted by Gasteiger charge is 2.24. The summed E-state index contributed by atoms with van der Waals surface area (Å²) in [6.07, 6.45) is 1.28. The monoisotopic (exact) mass is 423 g/mol. The van der Waals surface area contributed by atoms with E-state index in [0.717, 1.165) is 31.1 Å². The topological polar surface area (TPSA) is 78.1 Å². The van der Waals surface area contributed by atoms with Crippen molar-refractivity contribution >= 4 is 16.8 Å². The fraction of sp³-hybridized carbons (Fsp3) is 0.348. The van der Waals surface area contributed by atoms with Gasteiger partial charge in [0.05, 0.1) is 52.1 Å². The summed E-state index contributed by atoms with van der Waals surface area (Å²) in [4.78, 5) is 28.2. The van der Waals surface area contributed by atoms with Crippen LogP contribution in [0.2, 0.25) is 0 Å². The fourth-order valence-corrected chi connectivity index (χ4v) is 4.04. The van der Waals surface area contributed by atoms with Gasteiger partial charge < -0.3 is 19.3 Å². The van der Waals surface area contributed by atoms with Crippen molar-refractivity contribution in [2.75, 3.05) is 40.4 Å². The molecule has 0 spiro atoms. The molecule has 1 fully saturated rings. The van der Waals surface area contributed by atoms with Gasteiger partial charge in [-0.15, -0.1) is 0 Å². The molecule has 3 aromatic rings. The molecular formula is C23H27N4O4+. The van der Waals surface area contributed by atoms with Gasteiger partial charge in [0, 0.05) is 10.9 Å². The lowest BCUT2D eigenvalue weighted by Gasteiger charge is -2.32. The molecule has 1 amide bonds. The number of methoxy groups -OCH3 is 2. The molecule has 1 saturated heterocycles. The molecule has 2 heterocycles. The van der Waals surface area contributed by atoms with Crippen molar-refractivity contribution in [1.82, 2.24) is 14.7 Å². The van der Waals surface area contributed by atoms with E-state index < -0.39 is 0 Å². The van der Waals surface area contributed by atoms with Gasteiger partial charge in [0.2, 0.25) is 11.3 Å². The Morgan fingerprint density at radius 1 is 1.06 bits per heavy atom. The third-order valence-corrected chi connectivity index (χ3v) is 5.77. The summed E-state index contributed by atoms with van der Waals surface area (Å²) in [5.74, 6) is 1.47. The van der Waals surface area contributed by atoms with Gasteiger partial charge in [-0.25, -0.2) is 0 Å². The van der Waals surface area contributed by atoms with E-state index in [4.69, 9.17) is 9.47 Å². The number of hydrogen-bond donors (Lipinski definition) is 1. The maximum atomic E-state index is 12.9.